The number of halogens is 3. The molecule has 20 heavy (non-hydrogen) atoms. The highest BCUT2D eigenvalue weighted by Gasteiger charge is 2.22. The highest BCUT2D eigenvalue weighted by atomic mass is 35.5. The number of alkyl halides is 2. The summed E-state index contributed by atoms with van der Waals surface area (Å²) in [4.78, 5) is 2.22. The van der Waals surface area contributed by atoms with Crippen molar-refractivity contribution < 1.29 is 13.5 Å². The van der Waals surface area contributed by atoms with Gasteiger partial charge in [-0.05, 0) is 37.6 Å². The van der Waals surface area contributed by atoms with E-state index in [4.69, 9.17) is 17.3 Å². The van der Waals surface area contributed by atoms with E-state index in [2.05, 4.69) is 9.64 Å². The lowest BCUT2D eigenvalue weighted by molar-refractivity contribution is -0.0509. The standard InChI is InChI=1S/C14H19ClF2N2O/c15-11-4-5-13(20-14(16)17)10(7-11)9-19-6-2-1-3-12(19)8-18/h4-5,7,12,14H,1-3,6,8-9,18H2. The van der Waals surface area contributed by atoms with Gasteiger partial charge in [0, 0.05) is 29.7 Å². The number of rotatable bonds is 5. The third-order valence-corrected chi connectivity index (χ3v) is 3.87. The van der Waals surface area contributed by atoms with Crippen molar-refractivity contribution in [3.63, 3.8) is 0 Å². The van der Waals surface area contributed by atoms with Gasteiger partial charge >= 0.3 is 6.61 Å². The van der Waals surface area contributed by atoms with Crippen LogP contribution in [0.1, 0.15) is 24.8 Å². The van der Waals surface area contributed by atoms with Gasteiger partial charge in [0.1, 0.15) is 5.75 Å². The molecule has 2 rings (SSSR count). The average Bonchev–Trinajstić information content (AvgIpc) is 2.42. The Bertz CT molecular complexity index is 445. The molecule has 0 bridgehead atoms. The minimum Gasteiger partial charge on any atom is -0.434 e. The summed E-state index contributed by atoms with van der Waals surface area (Å²) in [6, 6.07) is 5.02. The Morgan fingerprint density at radius 3 is 2.90 bits per heavy atom. The van der Waals surface area contributed by atoms with Crippen molar-refractivity contribution in [1.29, 1.82) is 0 Å². The molecule has 1 saturated heterocycles. The monoisotopic (exact) mass is 304 g/mol. The predicted molar refractivity (Wildman–Crippen MR) is 75.2 cm³/mol. The molecule has 6 heteroatoms. The molecule has 3 nitrogen and oxygen atoms in total. The lowest BCUT2D eigenvalue weighted by Crippen LogP contribution is -2.43. The van der Waals surface area contributed by atoms with Crippen molar-refractivity contribution in [2.45, 2.75) is 38.5 Å². The van der Waals surface area contributed by atoms with Crippen LogP contribution < -0.4 is 10.5 Å². The van der Waals surface area contributed by atoms with Gasteiger partial charge in [-0.1, -0.05) is 18.0 Å². The molecule has 1 aliphatic heterocycles. The number of hydrogen-bond donors (Lipinski definition) is 1. The summed E-state index contributed by atoms with van der Waals surface area (Å²) in [7, 11) is 0. The van der Waals surface area contributed by atoms with Crippen LogP contribution in [0.5, 0.6) is 5.75 Å². The Morgan fingerprint density at radius 1 is 1.40 bits per heavy atom. The van der Waals surface area contributed by atoms with Crippen LogP contribution in [0.4, 0.5) is 8.78 Å². The molecule has 112 valence electrons. The number of likely N-dealkylation sites (tertiary alicyclic amines) is 1. The zero-order chi connectivity index (χ0) is 14.5. The maximum Gasteiger partial charge on any atom is 0.387 e. The summed E-state index contributed by atoms with van der Waals surface area (Å²) in [5.74, 6) is 0.186. The van der Waals surface area contributed by atoms with Gasteiger partial charge in [0.05, 0.1) is 0 Å². The van der Waals surface area contributed by atoms with E-state index in [1.807, 2.05) is 0 Å². The number of nitrogens with two attached hydrogens (primary N) is 1. The molecule has 0 amide bonds. The molecule has 1 fully saturated rings. The number of benzene rings is 1. The van der Waals surface area contributed by atoms with Crippen LogP contribution in [-0.2, 0) is 6.54 Å². The van der Waals surface area contributed by atoms with Gasteiger partial charge in [-0.2, -0.15) is 8.78 Å². The van der Waals surface area contributed by atoms with E-state index in [9.17, 15) is 8.78 Å². The van der Waals surface area contributed by atoms with Gasteiger partial charge < -0.3 is 10.5 Å². The Morgan fingerprint density at radius 2 is 2.20 bits per heavy atom. The first-order chi connectivity index (χ1) is 9.60. The van der Waals surface area contributed by atoms with Crippen molar-refractivity contribution in [3.8, 4) is 5.75 Å². The number of nitrogens with zero attached hydrogens (tertiary/aromatic N) is 1. The quantitative estimate of drug-likeness (QED) is 0.907. The second-order valence-corrected chi connectivity index (χ2v) is 5.42. The van der Waals surface area contributed by atoms with Crippen LogP contribution in [0.15, 0.2) is 18.2 Å². The summed E-state index contributed by atoms with van der Waals surface area (Å²) >= 11 is 5.96. The maximum absolute atomic E-state index is 12.4. The van der Waals surface area contributed by atoms with Gasteiger partial charge in [-0.3, -0.25) is 4.90 Å². The summed E-state index contributed by atoms with van der Waals surface area (Å²) in [6.07, 6.45) is 3.30. The first kappa shape index (κ1) is 15.5. The molecule has 0 spiro atoms. The van der Waals surface area contributed by atoms with Crippen molar-refractivity contribution in [2.24, 2.45) is 5.73 Å². The fourth-order valence-electron chi connectivity index (χ4n) is 2.64. The summed E-state index contributed by atoms with van der Waals surface area (Å²) < 4.78 is 29.4. The van der Waals surface area contributed by atoms with E-state index < -0.39 is 6.61 Å². The zero-order valence-electron chi connectivity index (χ0n) is 11.2. The molecule has 1 atom stereocenters. The van der Waals surface area contributed by atoms with Gasteiger partial charge in [0.15, 0.2) is 0 Å². The van der Waals surface area contributed by atoms with E-state index in [1.165, 1.54) is 6.07 Å². The fourth-order valence-corrected chi connectivity index (χ4v) is 2.83. The van der Waals surface area contributed by atoms with Crippen molar-refractivity contribution in [1.82, 2.24) is 4.90 Å². The van der Waals surface area contributed by atoms with Crippen molar-refractivity contribution >= 4 is 11.6 Å². The van der Waals surface area contributed by atoms with E-state index >= 15 is 0 Å². The minimum absolute atomic E-state index is 0.186. The Hall–Kier alpha value is -0.910. The molecule has 1 aromatic carbocycles. The summed E-state index contributed by atoms with van der Waals surface area (Å²) in [5, 5.41) is 0.517. The van der Waals surface area contributed by atoms with Gasteiger partial charge in [0.25, 0.3) is 0 Å². The molecule has 0 aromatic heterocycles. The van der Waals surface area contributed by atoms with Crippen LogP contribution in [0, 0.1) is 0 Å². The van der Waals surface area contributed by atoms with Crippen LogP contribution in [0.2, 0.25) is 5.02 Å². The molecule has 1 aliphatic rings. The number of ether oxygens (including phenoxy) is 1. The summed E-state index contributed by atoms with van der Waals surface area (Å²) in [6.45, 7) is -0.805. The van der Waals surface area contributed by atoms with Crippen LogP contribution >= 0.6 is 11.6 Å². The van der Waals surface area contributed by atoms with Gasteiger partial charge in [-0.25, -0.2) is 0 Å². The van der Waals surface area contributed by atoms with E-state index in [0.717, 1.165) is 25.8 Å². The molecule has 0 saturated carbocycles. The Labute approximate surface area is 122 Å². The first-order valence-corrected chi connectivity index (χ1v) is 7.15. The minimum atomic E-state index is -2.83. The number of hydrogen-bond acceptors (Lipinski definition) is 3. The highest BCUT2D eigenvalue weighted by molar-refractivity contribution is 6.30. The second-order valence-electron chi connectivity index (χ2n) is 4.99. The second kappa shape index (κ2) is 7.20. The molecule has 1 heterocycles. The fraction of sp³-hybridized carbons (Fsp3) is 0.571. The molecule has 0 radical (unpaired) electrons. The van der Waals surface area contributed by atoms with Crippen LogP contribution in [-0.4, -0.2) is 30.6 Å². The topological polar surface area (TPSA) is 38.5 Å². The van der Waals surface area contributed by atoms with Crippen LogP contribution in [0.25, 0.3) is 0 Å². The van der Waals surface area contributed by atoms with E-state index in [-0.39, 0.29) is 5.75 Å². The SMILES string of the molecule is NCC1CCCCN1Cc1cc(Cl)ccc1OC(F)F. The highest BCUT2D eigenvalue weighted by Crippen LogP contribution is 2.28. The Balaban J connectivity index is 2.15. The molecular formula is C14H19ClF2N2O. The van der Waals surface area contributed by atoms with Crippen molar-refractivity contribution in [3.05, 3.63) is 28.8 Å². The van der Waals surface area contributed by atoms with Gasteiger partial charge in [-0.15, -0.1) is 0 Å². The first-order valence-electron chi connectivity index (χ1n) is 6.77. The smallest absolute Gasteiger partial charge is 0.387 e. The largest absolute Gasteiger partial charge is 0.434 e. The van der Waals surface area contributed by atoms with E-state index in [0.29, 0.717) is 29.7 Å². The average molecular weight is 305 g/mol. The zero-order valence-corrected chi connectivity index (χ0v) is 12.0. The molecule has 1 aromatic rings. The lowest BCUT2D eigenvalue weighted by atomic mass is 10.0. The molecule has 1 unspecified atom stereocenters. The maximum atomic E-state index is 12.4. The van der Waals surface area contributed by atoms with Crippen molar-refractivity contribution in [2.75, 3.05) is 13.1 Å². The lowest BCUT2D eigenvalue weighted by Gasteiger charge is -2.35. The molecule has 2 N–H and O–H groups in total. The van der Waals surface area contributed by atoms with Gasteiger partial charge in [0.2, 0.25) is 0 Å². The Kier molecular flexibility index (Phi) is 5.57. The summed E-state index contributed by atoms with van der Waals surface area (Å²) in [5.41, 5.74) is 6.46. The van der Waals surface area contributed by atoms with Crippen LogP contribution in [0.3, 0.4) is 0 Å². The third kappa shape index (κ3) is 4.04. The molecule has 0 aliphatic carbocycles. The predicted octanol–water partition coefficient (Wildman–Crippen LogP) is 3.25. The van der Waals surface area contributed by atoms with E-state index in [1.54, 1.807) is 12.1 Å². The number of piperidine rings is 1. The molecular weight excluding hydrogens is 286 g/mol. The normalized spacial score (nSPS) is 20.4. The third-order valence-electron chi connectivity index (χ3n) is 3.63.